The van der Waals surface area contributed by atoms with Gasteiger partial charge in [0.15, 0.2) is 0 Å². The lowest BCUT2D eigenvalue weighted by Crippen LogP contribution is -2.57. The third-order valence-electron chi connectivity index (χ3n) is 5.64. The van der Waals surface area contributed by atoms with Gasteiger partial charge in [-0.25, -0.2) is 0 Å². The summed E-state index contributed by atoms with van der Waals surface area (Å²) in [5.74, 6) is -1.26. The molecule has 1 fully saturated rings. The average molecular weight is 481 g/mol. The molecule has 3 amide bonds. The van der Waals surface area contributed by atoms with E-state index in [0.717, 1.165) is 18.4 Å². The molecule has 9 heteroatoms. The predicted molar refractivity (Wildman–Crippen MR) is 132 cm³/mol. The van der Waals surface area contributed by atoms with Crippen LogP contribution in [0, 0.1) is 0 Å². The van der Waals surface area contributed by atoms with Crippen molar-refractivity contribution < 1.29 is 23.9 Å². The van der Waals surface area contributed by atoms with E-state index in [0.29, 0.717) is 37.5 Å². The summed E-state index contributed by atoms with van der Waals surface area (Å²) in [6, 6.07) is 15.4. The van der Waals surface area contributed by atoms with Crippen molar-refractivity contribution >= 4 is 29.4 Å². The van der Waals surface area contributed by atoms with Crippen LogP contribution in [0.1, 0.15) is 42.1 Å². The van der Waals surface area contributed by atoms with Crippen molar-refractivity contribution in [3.63, 3.8) is 0 Å². The fourth-order valence-corrected chi connectivity index (χ4v) is 3.69. The topological polar surface area (TPSA) is 117 Å². The first-order valence-corrected chi connectivity index (χ1v) is 11.9. The first kappa shape index (κ1) is 25.9. The van der Waals surface area contributed by atoms with E-state index in [4.69, 9.17) is 4.74 Å². The molecule has 3 N–H and O–H groups in total. The van der Waals surface area contributed by atoms with Crippen LogP contribution in [0.5, 0.6) is 0 Å². The molecule has 1 unspecified atom stereocenters. The Morgan fingerprint density at radius 1 is 1.09 bits per heavy atom. The van der Waals surface area contributed by atoms with E-state index in [1.807, 2.05) is 37.3 Å². The minimum atomic E-state index is -0.751. The van der Waals surface area contributed by atoms with Gasteiger partial charge in [0.2, 0.25) is 11.8 Å². The lowest BCUT2D eigenvalue weighted by Gasteiger charge is -2.33. The number of amides is 3. The van der Waals surface area contributed by atoms with Crippen molar-refractivity contribution in [2.75, 3.05) is 31.6 Å². The minimum Gasteiger partial charge on any atom is -0.466 e. The molecule has 3 rings (SSSR count). The summed E-state index contributed by atoms with van der Waals surface area (Å²) in [5.41, 5.74) is 2.02. The van der Waals surface area contributed by atoms with Crippen LogP contribution >= 0.6 is 0 Å². The van der Waals surface area contributed by atoms with Crippen molar-refractivity contribution in [3.05, 3.63) is 65.7 Å². The Kier molecular flexibility index (Phi) is 9.80. The number of unbranched alkanes of at least 4 members (excludes halogenated alkanes) is 1. The number of nitrogens with zero attached hydrogens (tertiary/aromatic N) is 1. The number of carbonyl (C=O) groups excluding carboxylic acids is 4. The molecule has 1 saturated heterocycles. The Balaban J connectivity index is 1.50. The molecule has 2 aromatic carbocycles. The van der Waals surface area contributed by atoms with Crippen LogP contribution in [-0.2, 0) is 25.7 Å². The molecule has 0 aliphatic carbocycles. The highest BCUT2D eigenvalue weighted by atomic mass is 16.5. The Hall–Kier alpha value is -3.72. The molecule has 2 aromatic rings. The Labute approximate surface area is 205 Å². The zero-order valence-corrected chi connectivity index (χ0v) is 19.9. The average Bonchev–Trinajstić information content (AvgIpc) is 2.86. The maximum atomic E-state index is 12.6. The molecule has 186 valence electrons. The molecule has 0 radical (unpaired) electrons. The normalized spacial score (nSPS) is 15.7. The van der Waals surface area contributed by atoms with E-state index in [-0.39, 0.29) is 30.7 Å². The van der Waals surface area contributed by atoms with Gasteiger partial charge in [-0.1, -0.05) is 43.7 Å². The molecule has 0 aromatic heterocycles. The maximum Gasteiger partial charge on any atom is 0.307 e. The van der Waals surface area contributed by atoms with E-state index >= 15 is 0 Å². The number of ether oxygens (including phenoxy) is 1. The largest absolute Gasteiger partial charge is 0.466 e. The monoisotopic (exact) mass is 480 g/mol. The van der Waals surface area contributed by atoms with E-state index in [2.05, 4.69) is 16.0 Å². The molecule has 1 aliphatic rings. The van der Waals surface area contributed by atoms with E-state index < -0.39 is 12.0 Å². The number of benzene rings is 2. The van der Waals surface area contributed by atoms with Crippen molar-refractivity contribution in [3.8, 4) is 0 Å². The summed E-state index contributed by atoms with van der Waals surface area (Å²) in [7, 11) is 0. The number of hydrogen-bond acceptors (Lipinski definition) is 6. The first-order valence-electron chi connectivity index (χ1n) is 11.9. The smallest absolute Gasteiger partial charge is 0.307 e. The summed E-state index contributed by atoms with van der Waals surface area (Å²) < 4.78 is 5.18. The predicted octanol–water partition coefficient (Wildman–Crippen LogP) is 2.09. The van der Waals surface area contributed by atoms with Crippen LogP contribution in [0.2, 0.25) is 0 Å². The van der Waals surface area contributed by atoms with Gasteiger partial charge in [0, 0.05) is 30.9 Å². The van der Waals surface area contributed by atoms with Gasteiger partial charge in [0.25, 0.3) is 5.91 Å². The molecule has 0 spiro atoms. The number of carbonyl (C=O) groups is 4. The second kappa shape index (κ2) is 13.2. The van der Waals surface area contributed by atoms with Gasteiger partial charge in [-0.15, -0.1) is 0 Å². The molecule has 0 saturated carbocycles. The van der Waals surface area contributed by atoms with Crippen molar-refractivity contribution in [2.45, 2.75) is 38.8 Å². The quantitative estimate of drug-likeness (QED) is 0.335. The van der Waals surface area contributed by atoms with Crippen molar-refractivity contribution in [1.29, 1.82) is 0 Å². The summed E-state index contributed by atoms with van der Waals surface area (Å²) in [6.45, 7) is 3.56. The summed E-state index contributed by atoms with van der Waals surface area (Å²) in [6.07, 6.45) is 1.57. The molecular formula is C26H32N4O5. The number of anilines is 1. The number of nitrogens with one attached hydrogen (secondary N) is 3. The highest BCUT2D eigenvalue weighted by Crippen LogP contribution is 2.13. The van der Waals surface area contributed by atoms with Gasteiger partial charge in [-0.05, 0) is 36.2 Å². The molecular weight excluding hydrogens is 448 g/mol. The Morgan fingerprint density at radius 3 is 2.54 bits per heavy atom. The van der Waals surface area contributed by atoms with Crippen LogP contribution in [-0.4, -0.2) is 60.9 Å². The molecule has 1 heterocycles. The highest BCUT2D eigenvalue weighted by molar-refractivity contribution is 5.96. The maximum absolute atomic E-state index is 12.6. The van der Waals surface area contributed by atoms with Gasteiger partial charge >= 0.3 is 5.97 Å². The highest BCUT2D eigenvalue weighted by Gasteiger charge is 2.33. The summed E-state index contributed by atoms with van der Waals surface area (Å²) in [5, 5.41) is 8.38. The summed E-state index contributed by atoms with van der Waals surface area (Å²) >= 11 is 0. The first-order chi connectivity index (χ1) is 17.0. The summed E-state index contributed by atoms with van der Waals surface area (Å²) in [4.78, 5) is 51.1. The molecule has 1 aliphatic heterocycles. The van der Waals surface area contributed by atoms with Crippen LogP contribution < -0.4 is 16.0 Å². The molecule has 0 bridgehead atoms. The third kappa shape index (κ3) is 8.22. The van der Waals surface area contributed by atoms with E-state index in [1.165, 1.54) is 0 Å². The fourth-order valence-electron chi connectivity index (χ4n) is 3.69. The van der Waals surface area contributed by atoms with Gasteiger partial charge in [0.05, 0.1) is 19.6 Å². The second-order valence-electron chi connectivity index (χ2n) is 8.35. The Bertz CT molecular complexity index is 1010. The number of esters is 1. The molecule has 9 nitrogen and oxygen atoms in total. The van der Waals surface area contributed by atoms with Crippen LogP contribution in [0.15, 0.2) is 54.6 Å². The van der Waals surface area contributed by atoms with E-state index in [9.17, 15) is 19.2 Å². The Morgan fingerprint density at radius 2 is 1.83 bits per heavy atom. The molecule has 35 heavy (non-hydrogen) atoms. The zero-order valence-electron chi connectivity index (χ0n) is 19.9. The van der Waals surface area contributed by atoms with Gasteiger partial charge in [-0.3, -0.25) is 24.1 Å². The lowest BCUT2D eigenvalue weighted by molar-refractivity contribution is -0.149. The molecule has 1 atom stereocenters. The minimum absolute atomic E-state index is 0.0420. The van der Waals surface area contributed by atoms with Crippen molar-refractivity contribution in [2.24, 2.45) is 0 Å². The second-order valence-corrected chi connectivity index (χ2v) is 8.35. The van der Waals surface area contributed by atoms with Gasteiger partial charge < -0.3 is 20.7 Å². The standard InChI is InChI=1S/C26H32N4O5/c1-2-3-15-35-24(32)16-22-26(34)27-13-14-30(22)18-23(31)29-21-11-9-20(10-12-21)25(33)28-17-19-7-5-4-6-8-19/h4-12,22H,2-3,13-18H2,1H3,(H,27,34)(H,28,33)(H,29,31). The van der Waals surface area contributed by atoms with E-state index in [1.54, 1.807) is 29.2 Å². The SMILES string of the molecule is CCCCOC(=O)CC1C(=O)NCCN1CC(=O)Nc1ccc(C(=O)NCc2ccccc2)cc1. The third-order valence-corrected chi connectivity index (χ3v) is 5.64. The van der Waals surface area contributed by atoms with Crippen LogP contribution in [0.3, 0.4) is 0 Å². The van der Waals surface area contributed by atoms with Crippen LogP contribution in [0.25, 0.3) is 0 Å². The zero-order chi connectivity index (χ0) is 25.0. The van der Waals surface area contributed by atoms with Gasteiger partial charge in [0.1, 0.15) is 6.04 Å². The number of rotatable bonds is 11. The van der Waals surface area contributed by atoms with Crippen LogP contribution in [0.4, 0.5) is 5.69 Å². The number of hydrogen-bond donors (Lipinski definition) is 3. The fraction of sp³-hybridized carbons (Fsp3) is 0.385. The number of piperazine rings is 1. The van der Waals surface area contributed by atoms with Gasteiger partial charge in [-0.2, -0.15) is 0 Å². The van der Waals surface area contributed by atoms with Crippen molar-refractivity contribution in [1.82, 2.24) is 15.5 Å². The lowest BCUT2D eigenvalue weighted by atomic mass is 10.1.